The maximum absolute atomic E-state index is 11.7. The van der Waals surface area contributed by atoms with E-state index in [0.29, 0.717) is 12.3 Å². The van der Waals surface area contributed by atoms with Crippen LogP contribution in [0.4, 0.5) is 0 Å². The maximum Gasteiger partial charge on any atom is 0.222 e. The molecule has 0 aromatic carbocycles. The van der Waals surface area contributed by atoms with Gasteiger partial charge in [0.15, 0.2) is 0 Å². The minimum atomic E-state index is 0.331. The van der Waals surface area contributed by atoms with Crippen molar-refractivity contribution in [1.29, 1.82) is 0 Å². The fourth-order valence-electron chi connectivity index (χ4n) is 3.66. The Morgan fingerprint density at radius 3 is 2.11 bits per heavy atom. The number of carbonyl (C=O) groups excluding carboxylic acids is 1. The van der Waals surface area contributed by atoms with E-state index < -0.39 is 0 Å². The molecule has 0 spiro atoms. The van der Waals surface area contributed by atoms with Crippen molar-refractivity contribution in [2.75, 3.05) is 26.2 Å². The van der Waals surface area contributed by atoms with E-state index in [1.54, 1.807) is 0 Å². The van der Waals surface area contributed by atoms with Gasteiger partial charge in [0.1, 0.15) is 0 Å². The lowest BCUT2D eigenvalue weighted by atomic mass is 9.85. The summed E-state index contributed by atoms with van der Waals surface area (Å²) in [7, 11) is 0. The summed E-state index contributed by atoms with van der Waals surface area (Å²) in [5.41, 5.74) is 0. The first-order valence-electron chi connectivity index (χ1n) is 8.13. The molecule has 19 heavy (non-hydrogen) atoms. The van der Waals surface area contributed by atoms with Gasteiger partial charge in [-0.2, -0.15) is 0 Å². The molecule has 0 radical (unpaired) electrons. The molecule has 0 aliphatic carbocycles. The molecule has 0 aromatic rings. The fraction of sp³-hybridized carbons (Fsp3) is 0.938. The number of rotatable bonds is 3. The highest BCUT2D eigenvalue weighted by molar-refractivity contribution is 5.75. The first-order valence-corrected chi connectivity index (χ1v) is 8.13. The number of carbonyl (C=O) groups is 1. The van der Waals surface area contributed by atoms with Gasteiger partial charge in [0.05, 0.1) is 0 Å². The van der Waals surface area contributed by atoms with Crippen LogP contribution in [0.5, 0.6) is 0 Å². The number of hydrogen-bond donors (Lipinski definition) is 0. The summed E-state index contributed by atoms with van der Waals surface area (Å²) in [6, 6.07) is 0.731. The molecule has 2 rings (SSSR count). The van der Waals surface area contributed by atoms with E-state index in [-0.39, 0.29) is 0 Å². The van der Waals surface area contributed by atoms with Gasteiger partial charge < -0.3 is 9.80 Å². The van der Waals surface area contributed by atoms with Gasteiger partial charge in [-0.25, -0.2) is 0 Å². The van der Waals surface area contributed by atoms with Gasteiger partial charge in [-0.3, -0.25) is 4.79 Å². The Kier molecular flexibility index (Phi) is 5.26. The molecule has 0 unspecified atom stereocenters. The topological polar surface area (TPSA) is 23.6 Å². The number of nitrogens with zero attached hydrogens (tertiary/aromatic N) is 2. The van der Waals surface area contributed by atoms with E-state index in [2.05, 4.69) is 23.6 Å². The lowest BCUT2D eigenvalue weighted by Gasteiger charge is -2.42. The minimum Gasteiger partial charge on any atom is -0.343 e. The second kappa shape index (κ2) is 6.74. The SMILES string of the molecule is CCC(=O)N1CCC(N2CCC(C(C)C)CC2)CC1. The number of amides is 1. The lowest BCUT2D eigenvalue weighted by molar-refractivity contribution is -0.132. The molecule has 2 heterocycles. The molecule has 0 bridgehead atoms. The quantitative estimate of drug-likeness (QED) is 0.784. The Morgan fingerprint density at radius 2 is 1.63 bits per heavy atom. The summed E-state index contributed by atoms with van der Waals surface area (Å²) in [5, 5.41) is 0. The predicted octanol–water partition coefficient (Wildman–Crippen LogP) is 2.76. The fourth-order valence-corrected chi connectivity index (χ4v) is 3.66. The summed E-state index contributed by atoms with van der Waals surface area (Å²) in [5.74, 6) is 2.10. The van der Waals surface area contributed by atoms with Crippen LogP contribution >= 0.6 is 0 Å². The molecule has 110 valence electrons. The normalized spacial score (nSPS) is 24.1. The van der Waals surface area contributed by atoms with Gasteiger partial charge in [-0.15, -0.1) is 0 Å². The van der Waals surface area contributed by atoms with Crippen LogP contribution in [-0.4, -0.2) is 47.9 Å². The van der Waals surface area contributed by atoms with E-state index in [1.165, 1.54) is 38.8 Å². The summed E-state index contributed by atoms with van der Waals surface area (Å²) >= 11 is 0. The Bertz CT molecular complexity index is 287. The lowest BCUT2D eigenvalue weighted by Crippen LogP contribution is -2.49. The summed E-state index contributed by atoms with van der Waals surface area (Å²) in [6.45, 7) is 11.2. The van der Waals surface area contributed by atoms with E-state index >= 15 is 0 Å². The van der Waals surface area contributed by atoms with Crippen molar-refractivity contribution in [2.24, 2.45) is 11.8 Å². The highest BCUT2D eigenvalue weighted by atomic mass is 16.2. The van der Waals surface area contributed by atoms with Gasteiger partial charge in [0.2, 0.25) is 5.91 Å². The average molecular weight is 266 g/mol. The van der Waals surface area contributed by atoms with Crippen LogP contribution < -0.4 is 0 Å². The largest absolute Gasteiger partial charge is 0.343 e. The smallest absolute Gasteiger partial charge is 0.222 e. The van der Waals surface area contributed by atoms with E-state index in [1.807, 2.05) is 6.92 Å². The van der Waals surface area contributed by atoms with Gasteiger partial charge in [-0.05, 0) is 50.6 Å². The molecule has 2 fully saturated rings. The van der Waals surface area contributed by atoms with Crippen molar-refractivity contribution >= 4 is 5.91 Å². The third-order valence-corrected chi connectivity index (χ3v) is 5.15. The average Bonchev–Trinajstić information content (AvgIpc) is 2.46. The molecule has 0 N–H and O–H groups in total. The molecule has 2 aliphatic rings. The molecule has 0 atom stereocenters. The summed E-state index contributed by atoms with van der Waals surface area (Å²) in [6.07, 6.45) is 5.75. The van der Waals surface area contributed by atoms with Crippen LogP contribution in [0, 0.1) is 11.8 Å². The summed E-state index contributed by atoms with van der Waals surface area (Å²) in [4.78, 5) is 16.4. The van der Waals surface area contributed by atoms with Crippen molar-refractivity contribution in [3.05, 3.63) is 0 Å². The van der Waals surface area contributed by atoms with E-state index in [4.69, 9.17) is 0 Å². The van der Waals surface area contributed by atoms with Crippen molar-refractivity contribution in [2.45, 2.75) is 58.9 Å². The third-order valence-electron chi connectivity index (χ3n) is 5.15. The van der Waals surface area contributed by atoms with E-state index in [0.717, 1.165) is 31.0 Å². The first kappa shape index (κ1) is 14.8. The Balaban J connectivity index is 1.75. The van der Waals surface area contributed by atoms with Gasteiger partial charge in [-0.1, -0.05) is 20.8 Å². The number of hydrogen-bond acceptors (Lipinski definition) is 2. The molecule has 2 aliphatic heterocycles. The van der Waals surface area contributed by atoms with Crippen LogP contribution in [0.1, 0.15) is 52.9 Å². The zero-order valence-electron chi connectivity index (χ0n) is 12.9. The second-order valence-corrected chi connectivity index (χ2v) is 6.58. The van der Waals surface area contributed by atoms with Crippen LogP contribution in [0.25, 0.3) is 0 Å². The standard InChI is InChI=1S/C16H30N2O/c1-4-16(19)18-11-7-15(8-12-18)17-9-5-14(6-10-17)13(2)3/h13-15H,4-12H2,1-3H3. The Hall–Kier alpha value is -0.570. The highest BCUT2D eigenvalue weighted by Crippen LogP contribution is 2.28. The zero-order valence-corrected chi connectivity index (χ0v) is 12.9. The van der Waals surface area contributed by atoms with Crippen molar-refractivity contribution in [1.82, 2.24) is 9.80 Å². The van der Waals surface area contributed by atoms with Crippen LogP contribution in [0.2, 0.25) is 0 Å². The van der Waals surface area contributed by atoms with Crippen molar-refractivity contribution in [3.8, 4) is 0 Å². The van der Waals surface area contributed by atoms with Gasteiger partial charge in [0, 0.05) is 25.6 Å². The Labute approximate surface area is 118 Å². The molecule has 3 nitrogen and oxygen atoms in total. The predicted molar refractivity (Wildman–Crippen MR) is 79.0 cm³/mol. The molecular weight excluding hydrogens is 236 g/mol. The molecule has 0 saturated carbocycles. The van der Waals surface area contributed by atoms with E-state index in [9.17, 15) is 4.79 Å². The molecule has 0 aromatic heterocycles. The molecule has 3 heteroatoms. The highest BCUT2D eigenvalue weighted by Gasteiger charge is 2.29. The first-order chi connectivity index (χ1) is 9.11. The Morgan fingerprint density at radius 1 is 1.05 bits per heavy atom. The molecule has 1 amide bonds. The second-order valence-electron chi connectivity index (χ2n) is 6.58. The van der Waals surface area contributed by atoms with Gasteiger partial charge >= 0.3 is 0 Å². The van der Waals surface area contributed by atoms with Gasteiger partial charge in [0.25, 0.3) is 0 Å². The minimum absolute atomic E-state index is 0.331. The molecule has 2 saturated heterocycles. The van der Waals surface area contributed by atoms with Crippen LogP contribution in [0.3, 0.4) is 0 Å². The maximum atomic E-state index is 11.7. The number of piperidine rings is 2. The van der Waals surface area contributed by atoms with Crippen molar-refractivity contribution < 1.29 is 4.79 Å². The third kappa shape index (κ3) is 3.71. The van der Waals surface area contributed by atoms with Crippen LogP contribution in [0.15, 0.2) is 0 Å². The van der Waals surface area contributed by atoms with Crippen molar-refractivity contribution in [3.63, 3.8) is 0 Å². The monoisotopic (exact) mass is 266 g/mol. The summed E-state index contributed by atoms with van der Waals surface area (Å²) < 4.78 is 0. The molecular formula is C16H30N2O. The zero-order chi connectivity index (χ0) is 13.8. The number of likely N-dealkylation sites (tertiary alicyclic amines) is 2. The van der Waals surface area contributed by atoms with Crippen LogP contribution in [-0.2, 0) is 4.79 Å².